The predicted molar refractivity (Wildman–Crippen MR) is 69.8 cm³/mol. The van der Waals surface area contributed by atoms with Crippen molar-refractivity contribution in [3.63, 3.8) is 0 Å². The molecule has 1 saturated carbocycles. The van der Waals surface area contributed by atoms with Gasteiger partial charge in [-0.15, -0.1) is 0 Å². The van der Waals surface area contributed by atoms with Crippen LogP contribution in [0.4, 0.5) is 0 Å². The summed E-state index contributed by atoms with van der Waals surface area (Å²) in [5.74, 6) is 0.351. The van der Waals surface area contributed by atoms with Gasteiger partial charge in [0.1, 0.15) is 5.75 Å². The highest BCUT2D eigenvalue weighted by Crippen LogP contribution is 2.60. The van der Waals surface area contributed by atoms with Gasteiger partial charge in [0, 0.05) is 17.6 Å². The monoisotopic (exact) mass is 234 g/mol. The van der Waals surface area contributed by atoms with E-state index in [4.69, 9.17) is 5.73 Å². The predicted octanol–water partition coefficient (Wildman–Crippen LogP) is 2.04. The standard InChI is InChI=1S/C14H22N2O/c1-13(2)9-14(13,15)11-5-6-12(17)10(7-11)8-16(3)4/h5-7,17H,8-9,15H2,1-4H3. The summed E-state index contributed by atoms with van der Waals surface area (Å²) in [5.41, 5.74) is 8.43. The number of phenolic OH excluding ortho intramolecular Hbond substituents is 1. The lowest BCUT2D eigenvalue weighted by Crippen LogP contribution is -2.25. The molecular formula is C14H22N2O. The average molecular weight is 234 g/mol. The van der Waals surface area contributed by atoms with Crippen molar-refractivity contribution < 1.29 is 5.11 Å². The van der Waals surface area contributed by atoms with E-state index in [1.165, 1.54) is 0 Å². The van der Waals surface area contributed by atoms with Gasteiger partial charge in [-0.25, -0.2) is 0 Å². The molecule has 2 rings (SSSR count). The number of nitrogens with two attached hydrogens (primary N) is 1. The fourth-order valence-corrected chi connectivity index (χ4v) is 2.48. The van der Waals surface area contributed by atoms with Gasteiger partial charge in [-0.2, -0.15) is 0 Å². The van der Waals surface area contributed by atoms with Crippen LogP contribution in [0.2, 0.25) is 0 Å². The second-order valence-electron chi connectivity index (χ2n) is 6.11. The Morgan fingerprint density at radius 3 is 2.41 bits per heavy atom. The number of hydrogen-bond donors (Lipinski definition) is 2. The molecule has 0 saturated heterocycles. The Bertz CT molecular complexity index is 440. The van der Waals surface area contributed by atoms with Gasteiger partial charge in [0.05, 0.1) is 0 Å². The first-order valence-electron chi connectivity index (χ1n) is 6.02. The van der Waals surface area contributed by atoms with E-state index < -0.39 is 0 Å². The summed E-state index contributed by atoms with van der Waals surface area (Å²) in [4.78, 5) is 2.04. The van der Waals surface area contributed by atoms with Crippen LogP contribution in [0.3, 0.4) is 0 Å². The molecule has 3 heteroatoms. The molecule has 0 spiro atoms. The molecule has 94 valence electrons. The maximum atomic E-state index is 9.83. The molecule has 1 aliphatic carbocycles. The molecule has 0 amide bonds. The van der Waals surface area contributed by atoms with E-state index in [0.29, 0.717) is 5.75 Å². The Labute approximate surface area is 103 Å². The van der Waals surface area contributed by atoms with Gasteiger partial charge < -0.3 is 15.7 Å². The van der Waals surface area contributed by atoms with Crippen LogP contribution in [0, 0.1) is 5.41 Å². The molecular weight excluding hydrogens is 212 g/mol. The molecule has 0 bridgehead atoms. The highest BCUT2D eigenvalue weighted by molar-refractivity contribution is 5.43. The van der Waals surface area contributed by atoms with Gasteiger partial charge in [-0.3, -0.25) is 0 Å². The minimum atomic E-state index is -0.220. The van der Waals surface area contributed by atoms with Gasteiger partial charge >= 0.3 is 0 Å². The van der Waals surface area contributed by atoms with Gasteiger partial charge in [-0.1, -0.05) is 19.9 Å². The smallest absolute Gasteiger partial charge is 0.120 e. The van der Waals surface area contributed by atoms with Crippen molar-refractivity contribution in [1.29, 1.82) is 0 Å². The largest absolute Gasteiger partial charge is 0.508 e. The Balaban J connectivity index is 2.32. The Kier molecular flexibility index (Phi) is 2.71. The lowest BCUT2D eigenvalue weighted by Gasteiger charge is -2.18. The third-order valence-electron chi connectivity index (χ3n) is 3.88. The first kappa shape index (κ1) is 12.4. The fraction of sp³-hybridized carbons (Fsp3) is 0.571. The lowest BCUT2D eigenvalue weighted by molar-refractivity contribution is 0.385. The first-order chi connectivity index (χ1) is 7.76. The van der Waals surface area contributed by atoms with Crippen LogP contribution in [0.25, 0.3) is 0 Å². The SMILES string of the molecule is CN(C)Cc1cc(C2(N)CC2(C)C)ccc1O. The molecule has 1 aromatic rings. The van der Waals surface area contributed by atoms with Crippen LogP contribution >= 0.6 is 0 Å². The van der Waals surface area contributed by atoms with Crippen LogP contribution in [0.15, 0.2) is 18.2 Å². The lowest BCUT2D eigenvalue weighted by atomic mass is 9.95. The number of hydrogen-bond acceptors (Lipinski definition) is 3. The van der Waals surface area contributed by atoms with E-state index in [1.807, 2.05) is 31.1 Å². The highest BCUT2D eigenvalue weighted by atomic mass is 16.3. The number of phenols is 1. The Hall–Kier alpha value is -1.06. The van der Waals surface area contributed by atoms with E-state index in [9.17, 15) is 5.11 Å². The molecule has 1 aromatic carbocycles. The zero-order valence-electron chi connectivity index (χ0n) is 11.1. The summed E-state index contributed by atoms with van der Waals surface area (Å²) >= 11 is 0. The second kappa shape index (κ2) is 3.72. The maximum Gasteiger partial charge on any atom is 0.120 e. The maximum absolute atomic E-state index is 9.83. The Morgan fingerprint density at radius 1 is 1.35 bits per heavy atom. The van der Waals surface area contributed by atoms with Crippen molar-refractivity contribution >= 4 is 0 Å². The molecule has 1 aliphatic rings. The molecule has 0 aliphatic heterocycles. The van der Waals surface area contributed by atoms with Crippen LogP contribution in [0.1, 0.15) is 31.4 Å². The molecule has 3 nitrogen and oxygen atoms in total. The molecule has 0 heterocycles. The van der Waals surface area contributed by atoms with E-state index in [0.717, 1.165) is 24.1 Å². The summed E-state index contributed by atoms with van der Waals surface area (Å²) < 4.78 is 0. The average Bonchev–Trinajstić information content (AvgIpc) is 2.70. The minimum Gasteiger partial charge on any atom is -0.508 e. The number of nitrogens with zero attached hydrogens (tertiary/aromatic N) is 1. The van der Waals surface area contributed by atoms with E-state index in [-0.39, 0.29) is 11.0 Å². The number of benzene rings is 1. The summed E-state index contributed by atoms with van der Waals surface area (Å²) in [6.45, 7) is 5.10. The molecule has 17 heavy (non-hydrogen) atoms. The summed E-state index contributed by atoms with van der Waals surface area (Å²) in [7, 11) is 3.98. The van der Waals surface area contributed by atoms with Crippen molar-refractivity contribution in [2.75, 3.05) is 14.1 Å². The summed E-state index contributed by atoms with van der Waals surface area (Å²) in [6.07, 6.45) is 1.01. The molecule has 1 unspecified atom stereocenters. The third kappa shape index (κ3) is 2.05. The fourth-order valence-electron chi connectivity index (χ4n) is 2.48. The number of aromatic hydroxyl groups is 1. The van der Waals surface area contributed by atoms with Crippen molar-refractivity contribution in [2.24, 2.45) is 11.1 Å². The van der Waals surface area contributed by atoms with Gasteiger partial charge in [0.25, 0.3) is 0 Å². The van der Waals surface area contributed by atoms with Crippen molar-refractivity contribution in [3.05, 3.63) is 29.3 Å². The van der Waals surface area contributed by atoms with Gasteiger partial charge in [0.2, 0.25) is 0 Å². The molecule has 1 fully saturated rings. The molecule has 3 N–H and O–H groups in total. The van der Waals surface area contributed by atoms with Crippen molar-refractivity contribution in [2.45, 2.75) is 32.4 Å². The van der Waals surface area contributed by atoms with Crippen LogP contribution in [-0.2, 0) is 12.1 Å². The van der Waals surface area contributed by atoms with Crippen molar-refractivity contribution in [1.82, 2.24) is 4.90 Å². The highest BCUT2D eigenvalue weighted by Gasteiger charge is 2.59. The third-order valence-corrected chi connectivity index (χ3v) is 3.88. The molecule has 0 radical (unpaired) electrons. The van der Waals surface area contributed by atoms with E-state index >= 15 is 0 Å². The zero-order valence-corrected chi connectivity index (χ0v) is 11.1. The number of rotatable bonds is 3. The van der Waals surface area contributed by atoms with Gasteiger partial charge in [-0.05, 0) is 43.6 Å². The minimum absolute atomic E-state index is 0.166. The second-order valence-corrected chi connectivity index (χ2v) is 6.11. The summed E-state index contributed by atoms with van der Waals surface area (Å²) in [6, 6.07) is 5.75. The quantitative estimate of drug-likeness (QED) is 0.841. The normalized spacial score (nSPS) is 26.2. The zero-order chi connectivity index (χ0) is 12.8. The van der Waals surface area contributed by atoms with Gasteiger partial charge in [0.15, 0.2) is 0 Å². The van der Waals surface area contributed by atoms with Crippen LogP contribution in [-0.4, -0.2) is 24.1 Å². The van der Waals surface area contributed by atoms with E-state index in [1.54, 1.807) is 6.07 Å². The Morgan fingerprint density at radius 2 is 1.94 bits per heavy atom. The van der Waals surface area contributed by atoms with Crippen LogP contribution < -0.4 is 5.73 Å². The van der Waals surface area contributed by atoms with E-state index in [2.05, 4.69) is 13.8 Å². The molecule has 0 aromatic heterocycles. The summed E-state index contributed by atoms with van der Waals surface area (Å²) in [5, 5.41) is 9.83. The van der Waals surface area contributed by atoms with Crippen molar-refractivity contribution in [3.8, 4) is 5.75 Å². The first-order valence-corrected chi connectivity index (χ1v) is 6.02. The topological polar surface area (TPSA) is 49.5 Å². The molecule has 1 atom stereocenters. The van der Waals surface area contributed by atoms with Crippen LogP contribution in [0.5, 0.6) is 5.75 Å².